The lowest BCUT2D eigenvalue weighted by Crippen LogP contribution is -2.18. The first-order chi connectivity index (χ1) is 14.7. The minimum Gasteiger partial charge on any atom is -0.432 e. The van der Waals surface area contributed by atoms with Crippen LogP contribution >= 0.6 is 7.82 Å². The molecule has 0 spiro atoms. The second-order valence-electron chi connectivity index (χ2n) is 6.73. The Balaban J connectivity index is 1.52. The Labute approximate surface area is 176 Å². The zero-order valence-electron chi connectivity index (χ0n) is 17.1. The van der Waals surface area contributed by atoms with Gasteiger partial charge in [0.25, 0.3) is 0 Å². The Kier molecular flexibility index (Phi) is 7.38. The van der Waals surface area contributed by atoms with E-state index in [1.165, 1.54) is 10.9 Å². The summed E-state index contributed by atoms with van der Waals surface area (Å²) < 4.78 is 57.7. The van der Waals surface area contributed by atoms with Crippen LogP contribution in [0, 0.1) is 6.08 Å². The minimum atomic E-state index is -3.99. The van der Waals surface area contributed by atoms with Crippen molar-refractivity contribution in [3.05, 3.63) is 12.4 Å². The van der Waals surface area contributed by atoms with Crippen molar-refractivity contribution in [3.63, 3.8) is 0 Å². The lowest BCUT2D eigenvalue weighted by atomic mass is 10.2. The van der Waals surface area contributed by atoms with E-state index in [0.29, 0.717) is 12.8 Å². The largest absolute Gasteiger partial charge is 0.510 e. The Morgan fingerprint density at radius 2 is 2.16 bits per heavy atom. The molecule has 2 N–H and O–H groups in total. The summed E-state index contributed by atoms with van der Waals surface area (Å²) in [6.07, 6.45) is -0.802. The van der Waals surface area contributed by atoms with Crippen molar-refractivity contribution in [2.45, 2.75) is 45.1 Å². The number of carbonyl (C=O) groups excluding carboxylic acids is 1. The average molecular weight is 463 g/mol. The van der Waals surface area contributed by atoms with Crippen molar-refractivity contribution < 1.29 is 41.5 Å². The number of nitrogen functional groups attached to an aromatic ring is 1. The lowest BCUT2D eigenvalue weighted by Gasteiger charge is -2.19. The predicted octanol–water partition coefficient (Wildman–Crippen LogP) is 2.53. The monoisotopic (exact) mass is 463 g/mol. The Morgan fingerprint density at radius 1 is 1.39 bits per heavy atom. The van der Waals surface area contributed by atoms with E-state index in [-0.39, 0.29) is 29.7 Å². The van der Waals surface area contributed by atoms with Gasteiger partial charge < -0.3 is 19.9 Å². The molecule has 1 aliphatic rings. The number of nitrogens with two attached hydrogens (primary N) is 1. The van der Waals surface area contributed by atoms with Crippen molar-refractivity contribution >= 4 is 31.0 Å². The Hall–Kier alpha value is -2.38. The Morgan fingerprint density at radius 3 is 2.87 bits per heavy atom. The standard InChI is InChI=1S/C16H23FN5O8P/c1-9(2)29-16(23)26-8-28-31(24,25-3)27-6-10-4-5-11(30-10)22-7-19-12-13(18)20-15(17)21-14(12)22/h7,9-11H,4-6,8H2,1-3H3,(H2,18,20,21). The van der Waals surface area contributed by atoms with Gasteiger partial charge in [0.15, 0.2) is 17.0 Å². The molecule has 2 aromatic rings. The highest BCUT2D eigenvalue weighted by molar-refractivity contribution is 7.48. The van der Waals surface area contributed by atoms with Crippen molar-refractivity contribution in [3.8, 4) is 0 Å². The van der Waals surface area contributed by atoms with Gasteiger partial charge in [-0.25, -0.2) is 18.9 Å². The summed E-state index contributed by atoms with van der Waals surface area (Å²) in [5.74, 6) is -0.0724. The van der Waals surface area contributed by atoms with Gasteiger partial charge in [-0.1, -0.05) is 0 Å². The van der Waals surface area contributed by atoms with Gasteiger partial charge in [0.1, 0.15) is 6.23 Å². The molecule has 0 bridgehead atoms. The predicted molar refractivity (Wildman–Crippen MR) is 102 cm³/mol. The molecule has 3 heterocycles. The molecule has 0 radical (unpaired) electrons. The molecule has 3 unspecified atom stereocenters. The summed E-state index contributed by atoms with van der Waals surface area (Å²) in [4.78, 5) is 22.6. The maximum atomic E-state index is 13.5. The fourth-order valence-corrected chi connectivity index (χ4v) is 3.63. The second-order valence-corrected chi connectivity index (χ2v) is 8.50. The summed E-state index contributed by atoms with van der Waals surface area (Å²) in [5.41, 5.74) is 6.13. The number of phosphoric acid groups is 1. The van der Waals surface area contributed by atoms with Gasteiger partial charge >= 0.3 is 20.1 Å². The number of hydrogen-bond donors (Lipinski definition) is 1. The highest BCUT2D eigenvalue weighted by Gasteiger charge is 2.33. The number of imidazole rings is 1. The van der Waals surface area contributed by atoms with Crippen LogP contribution in [0.3, 0.4) is 0 Å². The molecular formula is C16H23FN5O8P. The number of carbonyl (C=O) groups is 1. The summed E-state index contributed by atoms with van der Waals surface area (Å²) in [6, 6.07) is 0. The molecule has 31 heavy (non-hydrogen) atoms. The molecule has 3 rings (SSSR count). The van der Waals surface area contributed by atoms with Crippen molar-refractivity contribution in [1.82, 2.24) is 19.5 Å². The highest BCUT2D eigenvalue weighted by Crippen LogP contribution is 2.49. The van der Waals surface area contributed by atoms with E-state index in [2.05, 4.69) is 19.7 Å². The number of halogens is 1. The van der Waals surface area contributed by atoms with E-state index < -0.39 is 39.2 Å². The first kappa shape index (κ1) is 23.3. The zero-order valence-corrected chi connectivity index (χ0v) is 18.0. The number of nitrogens with zero attached hydrogens (tertiary/aromatic N) is 4. The van der Waals surface area contributed by atoms with Crippen LogP contribution < -0.4 is 5.73 Å². The number of anilines is 1. The van der Waals surface area contributed by atoms with Crippen LogP contribution in [0.25, 0.3) is 11.2 Å². The number of rotatable bonds is 9. The molecule has 13 nitrogen and oxygen atoms in total. The average Bonchev–Trinajstić information content (AvgIpc) is 3.32. The molecule has 1 aliphatic heterocycles. The van der Waals surface area contributed by atoms with E-state index in [1.54, 1.807) is 13.8 Å². The minimum absolute atomic E-state index is 0.0724. The van der Waals surface area contributed by atoms with Crippen molar-refractivity contribution in [2.75, 3.05) is 26.2 Å². The summed E-state index contributed by atoms with van der Waals surface area (Å²) in [6.45, 7) is 2.48. The fraction of sp³-hybridized carbons (Fsp3) is 0.625. The first-order valence-corrected chi connectivity index (χ1v) is 10.8. The van der Waals surface area contributed by atoms with Gasteiger partial charge in [0.05, 0.1) is 25.1 Å². The summed E-state index contributed by atoms with van der Waals surface area (Å²) >= 11 is 0. The highest BCUT2D eigenvalue weighted by atomic mass is 31.2. The maximum Gasteiger partial charge on any atom is 0.510 e. The third-order valence-corrected chi connectivity index (χ3v) is 5.51. The van der Waals surface area contributed by atoms with Gasteiger partial charge in [-0.05, 0) is 26.7 Å². The van der Waals surface area contributed by atoms with Gasteiger partial charge in [-0.3, -0.25) is 13.6 Å². The zero-order chi connectivity index (χ0) is 22.6. The molecule has 1 saturated heterocycles. The number of phosphoric ester groups is 1. The Bertz CT molecular complexity index is 973. The molecule has 2 aromatic heterocycles. The van der Waals surface area contributed by atoms with Crippen LogP contribution in [0.5, 0.6) is 0 Å². The molecule has 0 amide bonds. The van der Waals surface area contributed by atoms with Gasteiger partial charge in [-0.2, -0.15) is 14.4 Å². The van der Waals surface area contributed by atoms with E-state index in [1.807, 2.05) is 0 Å². The van der Waals surface area contributed by atoms with Crippen LogP contribution in [0.4, 0.5) is 15.0 Å². The van der Waals surface area contributed by atoms with E-state index >= 15 is 0 Å². The third-order valence-electron chi connectivity index (χ3n) is 4.18. The lowest BCUT2D eigenvalue weighted by molar-refractivity contribution is -0.0394. The van der Waals surface area contributed by atoms with Crippen LogP contribution in [-0.2, 0) is 32.3 Å². The molecule has 0 aliphatic carbocycles. The number of ether oxygens (including phenoxy) is 3. The van der Waals surface area contributed by atoms with Crippen LogP contribution in [0.2, 0.25) is 0 Å². The van der Waals surface area contributed by atoms with E-state index in [4.69, 9.17) is 28.8 Å². The number of fused-ring (bicyclic) bond motifs is 1. The van der Waals surface area contributed by atoms with Gasteiger partial charge in [0.2, 0.25) is 6.79 Å². The molecule has 15 heteroatoms. The van der Waals surface area contributed by atoms with Crippen molar-refractivity contribution in [2.24, 2.45) is 0 Å². The summed E-state index contributed by atoms with van der Waals surface area (Å²) in [5, 5.41) is 0. The van der Waals surface area contributed by atoms with Crippen LogP contribution in [-0.4, -0.2) is 58.4 Å². The fourth-order valence-electron chi connectivity index (χ4n) is 2.82. The van der Waals surface area contributed by atoms with Gasteiger partial charge in [-0.15, -0.1) is 0 Å². The molecule has 3 atom stereocenters. The third kappa shape index (κ3) is 5.86. The quantitative estimate of drug-likeness (QED) is 0.251. The van der Waals surface area contributed by atoms with Crippen molar-refractivity contribution in [1.29, 1.82) is 0 Å². The molecule has 0 saturated carbocycles. The second kappa shape index (κ2) is 9.83. The van der Waals surface area contributed by atoms with E-state index in [0.717, 1.165) is 7.11 Å². The normalized spacial score (nSPS) is 20.8. The number of aromatic nitrogens is 4. The molecule has 1 fully saturated rings. The maximum absolute atomic E-state index is 13.5. The van der Waals surface area contributed by atoms with Crippen LogP contribution in [0.1, 0.15) is 32.9 Å². The molecule has 172 valence electrons. The van der Waals surface area contributed by atoms with Gasteiger partial charge in [0, 0.05) is 7.11 Å². The summed E-state index contributed by atoms with van der Waals surface area (Å²) in [7, 11) is -2.87. The molecule has 0 aromatic carbocycles. The first-order valence-electron chi connectivity index (χ1n) is 9.30. The topological polar surface area (TPSA) is 159 Å². The number of hydrogen-bond acceptors (Lipinski definition) is 12. The smallest absolute Gasteiger partial charge is 0.432 e. The SMILES string of the molecule is COP(=O)(OCOC(=O)OC(C)C)OCC1CCC(n2cnc3c(N)nc(F)nc32)O1. The van der Waals surface area contributed by atoms with Crippen LogP contribution in [0.15, 0.2) is 6.33 Å². The van der Waals surface area contributed by atoms with E-state index in [9.17, 15) is 13.8 Å². The molecular weight excluding hydrogens is 440 g/mol.